The van der Waals surface area contributed by atoms with E-state index in [1.165, 1.54) is 21.3 Å². The summed E-state index contributed by atoms with van der Waals surface area (Å²) in [6, 6.07) is 5.94. The lowest BCUT2D eigenvalue weighted by Gasteiger charge is -2.32. The van der Waals surface area contributed by atoms with Crippen molar-refractivity contribution < 1.29 is 26.8 Å². The normalized spacial score (nSPS) is 13.8. The van der Waals surface area contributed by atoms with Gasteiger partial charge in [-0.25, -0.2) is 0 Å². The molecule has 0 unspecified atom stereocenters. The SMILES string of the molecule is COc1cc([C@](C#N)(CCCOS(C)(=O)=O)C(C)C)cc(OC)c1OC. The monoisotopic (exact) mass is 385 g/mol. The minimum absolute atomic E-state index is 0.0272. The number of benzene rings is 1. The molecule has 1 aromatic rings. The molecule has 0 aliphatic heterocycles. The van der Waals surface area contributed by atoms with Crippen LogP contribution in [0.1, 0.15) is 32.3 Å². The van der Waals surface area contributed by atoms with E-state index in [-0.39, 0.29) is 12.5 Å². The summed E-state index contributed by atoms with van der Waals surface area (Å²) in [6.45, 7) is 3.92. The highest BCUT2D eigenvalue weighted by Gasteiger charge is 2.37. The molecule has 0 aliphatic rings. The zero-order valence-electron chi connectivity index (χ0n) is 16.2. The minimum atomic E-state index is -3.50. The molecular formula is C18H27NO6S. The fourth-order valence-electron chi connectivity index (χ4n) is 2.92. The lowest BCUT2D eigenvalue weighted by molar-refractivity contribution is 0.277. The van der Waals surface area contributed by atoms with Crippen molar-refractivity contribution in [2.45, 2.75) is 32.1 Å². The van der Waals surface area contributed by atoms with Crippen LogP contribution in [0.15, 0.2) is 12.1 Å². The highest BCUT2D eigenvalue weighted by Crippen LogP contribution is 2.45. The highest BCUT2D eigenvalue weighted by molar-refractivity contribution is 7.85. The van der Waals surface area contributed by atoms with Gasteiger partial charge in [-0.2, -0.15) is 13.7 Å². The molecule has 1 rings (SSSR count). The van der Waals surface area contributed by atoms with Crippen LogP contribution in [0.5, 0.6) is 17.2 Å². The third kappa shape index (κ3) is 5.02. The third-order valence-corrected chi connectivity index (χ3v) is 4.97. The van der Waals surface area contributed by atoms with E-state index in [1.54, 1.807) is 12.1 Å². The van der Waals surface area contributed by atoms with Gasteiger partial charge in [-0.15, -0.1) is 0 Å². The van der Waals surface area contributed by atoms with Gasteiger partial charge in [-0.05, 0) is 36.5 Å². The summed E-state index contributed by atoms with van der Waals surface area (Å²) in [7, 11) is 1.05. The Kier molecular flexibility index (Phi) is 7.72. The van der Waals surface area contributed by atoms with Gasteiger partial charge in [0, 0.05) is 0 Å². The summed E-state index contributed by atoms with van der Waals surface area (Å²) in [5.41, 5.74) is -0.128. The molecule has 0 saturated heterocycles. The number of nitrogens with zero attached hydrogens (tertiary/aromatic N) is 1. The Balaban J connectivity index is 3.30. The molecule has 0 amide bonds. The van der Waals surface area contributed by atoms with E-state index in [0.717, 1.165) is 11.8 Å². The molecular weight excluding hydrogens is 358 g/mol. The first-order valence-electron chi connectivity index (χ1n) is 8.21. The lowest BCUT2D eigenvalue weighted by atomic mass is 9.69. The van der Waals surface area contributed by atoms with Crippen LogP contribution < -0.4 is 14.2 Å². The summed E-state index contributed by atoms with van der Waals surface area (Å²) >= 11 is 0. The Hall–Kier alpha value is -1.98. The Labute approximate surface area is 155 Å². The zero-order valence-corrected chi connectivity index (χ0v) is 17.0. The number of methoxy groups -OCH3 is 3. The van der Waals surface area contributed by atoms with Gasteiger partial charge in [-0.3, -0.25) is 4.18 Å². The van der Waals surface area contributed by atoms with Gasteiger partial charge >= 0.3 is 0 Å². The van der Waals surface area contributed by atoms with Crippen LogP contribution in [0.4, 0.5) is 0 Å². The summed E-state index contributed by atoms with van der Waals surface area (Å²) in [6.07, 6.45) is 1.84. The molecule has 7 nitrogen and oxygen atoms in total. The second-order valence-electron chi connectivity index (χ2n) is 6.28. The second kappa shape index (κ2) is 9.10. The Bertz CT molecular complexity index is 728. The van der Waals surface area contributed by atoms with Gasteiger partial charge in [0.15, 0.2) is 11.5 Å². The van der Waals surface area contributed by atoms with E-state index in [1.807, 2.05) is 13.8 Å². The molecule has 0 aliphatic carbocycles. The zero-order chi connectivity index (χ0) is 20.0. The summed E-state index contributed by atoms with van der Waals surface area (Å²) < 4.78 is 43.2. The number of hydrogen-bond donors (Lipinski definition) is 0. The van der Waals surface area contributed by atoms with Crippen LogP contribution in [-0.2, 0) is 19.7 Å². The third-order valence-electron chi connectivity index (χ3n) is 4.38. The van der Waals surface area contributed by atoms with Crippen LogP contribution in [0.3, 0.4) is 0 Å². The summed E-state index contributed by atoms with van der Waals surface area (Å²) in [4.78, 5) is 0. The molecule has 146 valence electrons. The second-order valence-corrected chi connectivity index (χ2v) is 7.93. The van der Waals surface area contributed by atoms with Crippen molar-refractivity contribution in [1.29, 1.82) is 5.26 Å². The van der Waals surface area contributed by atoms with Crippen LogP contribution in [0.25, 0.3) is 0 Å². The van der Waals surface area contributed by atoms with E-state index in [2.05, 4.69) is 6.07 Å². The predicted molar refractivity (Wildman–Crippen MR) is 98.3 cm³/mol. The van der Waals surface area contributed by atoms with Crippen molar-refractivity contribution in [3.05, 3.63) is 17.7 Å². The first-order valence-corrected chi connectivity index (χ1v) is 10.0. The Morgan fingerprint density at radius 1 is 1.12 bits per heavy atom. The minimum Gasteiger partial charge on any atom is -0.493 e. The molecule has 0 heterocycles. The Morgan fingerprint density at radius 3 is 2.00 bits per heavy atom. The average molecular weight is 385 g/mol. The van der Waals surface area contributed by atoms with Gasteiger partial charge in [0.25, 0.3) is 10.1 Å². The summed E-state index contributed by atoms with van der Waals surface area (Å²) in [5.74, 6) is 1.35. The molecule has 0 bridgehead atoms. The average Bonchev–Trinajstić information content (AvgIpc) is 2.59. The van der Waals surface area contributed by atoms with Crippen molar-refractivity contribution in [1.82, 2.24) is 0 Å². The number of nitriles is 1. The molecule has 0 radical (unpaired) electrons. The lowest BCUT2D eigenvalue weighted by Crippen LogP contribution is -2.31. The fraction of sp³-hybridized carbons (Fsp3) is 0.611. The molecule has 0 saturated carbocycles. The molecule has 1 aromatic carbocycles. The molecule has 0 spiro atoms. The molecule has 0 aromatic heterocycles. The predicted octanol–water partition coefficient (Wildman–Crippen LogP) is 2.89. The van der Waals surface area contributed by atoms with Crippen LogP contribution in [0, 0.1) is 17.2 Å². The fourth-order valence-corrected chi connectivity index (χ4v) is 3.34. The first kappa shape index (κ1) is 22.1. The maximum Gasteiger partial charge on any atom is 0.264 e. The maximum atomic E-state index is 11.1. The summed E-state index contributed by atoms with van der Waals surface area (Å²) in [5, 5.41) is 9.99. The van der Waals surface area contributed by atoms with Crippen molar-refractivity contribution in [2.75, 3.05) is 34.2 Å². The van der Waals surface area contributed by atoms with E-state index in [4.69, 9.17) is 18.4 Å². The molecule has 8 heteroatoms. The Morgan fingerprint density at radius 2 is 1.65 bits per heavy atom. The highest BCUT2D eigenvalue weighted by atomic mass is 32.2. The molecule has 0 fully saturated rings. The van der Waals surface area contributed by atoms with E-state index < -0.39 is 15.5 Å². The standard InChI is InChI=1S/C18H27NO6S/c1-13(2)18(12-19,8-7-9-25-26(6,20)21)14-10-15(22-3)17(24-5)16(11-14)23-4/h10-11,13H,7-9H2,1-6H3/t18-/m0/s1. The number of ether oxygens (including phenoxy) is 3. The number of hydrogen-bond acceptors (Lipinski definition) is 7. The van der Waals surface area contributed by atoms with Gasteiger partial charge in [-0.1, -0.05) is 13.8 Å². The van der Waals surface area contributed by atoms with E-state index >= 15 is 0 Å². The smallest absolute Gasteiger partial charge is 0.264 e. The van der Waals surface area contributed by atoms with Crippen LogP contribution in [-0.4, -0.2) is 42.6 Å². The van der Waals surface area contributed by atoms with Crippen molar-refractivity contribution >= 4 is 10.1 Å². The van der Waals surface area contributed by atoms with Gasteiger partial charge in [0.2, 0.25) is 5.75 Å². The topological polar surface area (TPSA) is 94.9 Å². The first-order chi connectivity index (χ1) is 12.1. The van der Waals surface area contributed by atoms with Crippen molar-refractivity contribution in [3.63, 3.8) is 0 Å². The number of rotatable bonds is 10. The molecule has 1 atom stereocenters. The van der Waals surface area contributed by atoms with Crippen molar-refractivity contribution in [3.8, 4) is 23.3 Å². The van der Waals surface area contributed by atoms with Gasteiger partial charge < -0.3 is 14.2 Å². The largest absolute Gasteiger partial charge is 0.493 e. The quantitative estimate of drug-likeness (QED) is 0.451. The van der Waals surface area contributed by atoms with Crippen molar-refractivity contribution in [2.24, 2.45) is 5.92 Å². The van der Waals surface area contributed by atoms with Gasteiger partial charge in [0.1, 0.15) is 0 Å². The van der Waals surface area contributed by atoms with Crippen LogP contribution in [0.2, 0.25) is 0 Å². The molecule has 26 heavy (non-hydrogen) atoms. The van der Waals surface area contributed by atoms with E-state index in [0.29, 0.717) is 30.1 Å². The van der Waals surface area contributed by atoms with Crippen LogP contribution >= 0.6 is 0 Å². The molecule has 0 N–H and O–H groups in total. The van der Waals surface area contributed by atoms with Gasteiger partial charge in [0.05, 0.1) is 45.7 Å². The van der Waals surface area contributed by atoms with E-state index in [9.17, 15) is 13.7 Å². The maximum absolute atomic E-state index is 11.1.